The Kier molecular flexibility index (Phi) is 5.03. The van der Waals surface area contributed by atoms with Crippen molar-refractivity contribution in [1.29, 1.82) is 0 Å². The van der Waals surface area contributed by atoms with Gasteiger partial charge in [-0.3, -0.25) is 0 Å². The van der Waals surface area contributed by atoms with Crippen LogP contribution in [-0.4, -0.2) is 30.8 Å². The summed E-state index contributed by atoms with van der Waals surface area (Å²) < 4.78 is 1.10. The lowest BCUT2D eigenvalue weighted by molar-refractivity contribution is 0.154. The summed E-state index contributed by atoms with van der Waals surface area (Å²) in [5.74, 6) is 0. The van der Waals surface area contributed by atoms with Crippen LogP contribution in [0.3, 0.4) is 0 Å². The van der Waals surface area contributed by atoms with Gasteiger partial charge in [0.25, 0.3) is 0 Å². The Bertz CT molecular complexity index is 397. The topological polar surface area (TPSA) is 35.5 Å². The van der Waals surface area contributed by atoms with E-state index in [9.17, 15) is 5.11 Å². The zero-order valence-electron chi connectivity index (χ0n) is 10.8. The Labute approximate surface area is 117 Å². The van der Waals surface area contributed by atoms with Crippen molar-refractivity contribution >= 4 is 21.6 Å². The van der Waals surface area contributed by atoms with E-state index in [2.05, 4.69) is 51.3 Å². The van der Waals surface area contributed by atoms with E-state index in [0.717, 1.165) is 43.5 Å². The quantitative estimate of drug-likeness (QED) is 0.897. The molecule has 2 N–H and O–H groups in total. The van der Waals surface area contributed by atoms with E-state index in [1.54, 1.807) is 0 Å². The van der Waals surface area contributed by atoms with Gasteiger partial charge in [-0.25, -0.2) is 0 Å². The average Bonchev–Trinajstić information content (AvgIpc) is 2.37. The van der Waals surface area contributed by atoms with E-state index in [-0.39, 0.29) is 6.10 Å². The predicted molar refractivity (Wildman–Crippen MR) is 79.0 cm³/mol. The van der Waals surface area contributed by atoms with Gasteiger partial charge in [-0.15, -0.1) is 0 Å². The molecule has 1 heterocycles. The summed E-state index contributed by atoms with van der Waals surface area (Å²) in [4.78, 5) is 2.30. The molecular weight excluding hydrogens is 292 g/mol. The normalized spacial score (nSPS) is 20.2. The highest BCUT2D eigenvalue weighted by Gasteiger charge is 2.20. The van der Waals surface area contributed by atoms with Gasteiger partial charge in [-0.1, -0.05) is 28.9 Å². The van der Waals surface area contributed by atoms with Crippen molar-refractivity contribution < 1.29 is 5.11 Å². The van der Waals surface area contributed by atoms with Gasteiger partial charge < -0.3 is 15.3 Å². The number of piperidine rings is 1. The summed E-state index contributed by atoms with van der Waals surface area (Å²) in [5.41, 5.74) is 2.54. The van der Waals surface area contributed by atoms with E-state index in [0.29, 0.717) is 0 Å². The highest BCUT2D eigenvalue weighted by Crippen LogP contribution is 2.27. The Hall–Kier alpha value is -0.580. The molecule has 0 spiro atoms. The fourth-order valence-electron chi connectivity index (χ4n) is 2.41. The van der Waals surface area contributed by atoms with Gasteiger partial charge in [-0.2, -0.15) is 0 Å². The number of nitrogens with zero attached hydrogens (tertiary/aromatic N) is 1. The maximum absolute atomic E-state index is 9.81. The number of hydrogen-bond donors (Lipinski definition) is 2. The van der Waals surface area contributed by atoms with E-state index in [1.165, 1.54) is 11.3 Å². The lowest BCUT2D eigenvalue weighted by Crippen LogP contribution is -2.39. The number of rotatable bonds is 4. The summed E-state index contributed by atoms with van der Waals surface area (Å²) in [6, 6.07) is 6.39. The third kappa shape index (κ3) is 3.46. The van der Waals surface area contributed by atoms with Crippen LogP contribution in [-0.2, 0) is 6.54 Å². The van der Waals surface area contributed by atoms with Crippen molar-refractivity contribution in [3.05, 3.63) is 28.2 Å². The first-order valence-corrected chi connectivity index (χ1v) is 7.42. The Morgan fingerprint density at radius 1 is 1.50 bits per heavy atom. The van der Waals surface area contributed by atoms with Gasteiger partial charge in [-0.05, 0) is 37.1 Å². The summed E-state index contributed by atoms with van der Waals surface area (Å²) in [7, 11) is 0. The molecule has 1 aliphatic rings. The highest BCUT2D eigenvalue weighted by atomic mass is 79.9. The first-order valence-electron chi connectivity index (χ1n) is 6.63. The molecule has 1 atom stereocenters. The highest BCUT2D eigenvalue weighted by molar-refractivity contribution is 9.10. The van der Waals surface area contributed by atoms with Crippen molar-refractivity contribution in [1.82, 2.24) is 5.32 Å². The van der Waals surface area contributed by atoms with Crippen LogP contribution in [0.4, 0.5) is 5.69 Å². The zero-order valence-corrected chi connectivity index (χ0v) is 12.4. The molecule has 1 unspecified atom stereocenters. The van der Waals surface area contributed by atoms with E-state index >= 15 is 0 Å². The molecule has 18 heavy (non-hydrogen) atoms. The van der Waals surface area contributed by atoms with Gasteiger partial charge in [0.05, 0.1) is 6.10 Å². The monoisotopic (exact) mass is 312 g/mol. The standard InChI is InChI=1S/C14H21BrN2O/c1-2-16-9-11-5-6-12(15)8-14(11)17-7-3-4-13(18)10-17/h5-6,8,13,16,18H,2-4,7,9-10H2,1H3. The molecule has 0 aromatic heterocycles. The molecular formula is C14H21BrN2O. The molecule has 4 heteroatoms. The van der Waals surface area contributed by atoms with Crippen LogP contribution < -0.4 is 10.2 Å². The van der Waals surface area contributed by atoms with Crippen molar-refractivity contribution in [2.24, 2.45) is 0 Å². The smallest absolute Gasteiger partial charge is 0.0715 e. The minimum absolute atomic E-state index is 0.190. The van der Waals surface area contributed by atoms with E-state index in [4.69, 9.17) is 0 Å². The molecule has 100 valence electrons. The maximum atomic E-state index is 9.81. The predicted octanol–water partition coefficient (Wildman–Crippen LogP) is 2.52. The number of β-amino-alcohol motifs (C(OH)–C–C–N with tert-alkyl or cyclic N) is 1. The Morgan fingerprint density at radius 3 is 3.06 bits per heavy atom. The van der Waals surface area contributed by atoms with Crippen molar-refractivity contribution in [3.8, 4) is 0 Å². The Morgan fingerprint density at radius 2 is 2.33 bits per heavy atom. The minimum Gasteiger partial charge on any atom is -0.391 e. The van der Waals surface area contributed by atoms with Gasteiger partial charge in [0, 0.05) is 29.8 Å². The number of hydrogen-bond acceptors (Lipinski definition) is 3. The largest absolute Gasteiger partial charge is 0.391 e. The van der Waals surface area contributed by atoms with Crippen molar-refractivity contribution in [2.75, 3.05) is 24.5 Å². The van der Waals surface area contributed by atoms with Crippen LogP contribution in [0, 0.1) is 0 Å². The third-order valence-electron chi connectivity index (χ3n) is 3.35. The van der Waals surface area contributed by atoms with Crippen LogP contribution in [0.25, 0.3) is 0 Å². The SMILES string of the molecule is CCNCc1ccc(Br)cc1N1CCCC(O)C1. The van der Waals surface area contributed by atoms with Crippen LogP contribution in [0.15, 0.2) is 22.7 Å². The number of aliphatic hydroxyl groups is 1. The second kappa shape index (κ2) is 6.55. The summed E-state index contributed by atoms with van der Waals surface area (Å²) >= 11 is 3.54. The second-order valence-electron chi connectivity index (χ2n) is 4.80. The lowest BCUT2D eigenvalue weighted by Gasteiger charge is -2.33. The summed E-state index contributed by atoms with van der Waals surface area (Å²) in [6.45, 7) is 5.75. The molecule has 1 aliphatic heterocycles. The van der Waals surface area contributed by atoms with Crippen LogP contribution in [0.2, 0.25) is 0 Å². The third-order valence-corrected chi connectivity index (χ3v) is 3.84. The van der Waals surface area contributed by atoms with E-state index in [1.807, 2.05) is 0 Å². The average molecular weight is 313 g/mol. The maximum Gasteiger partial charge on any atom is 0.0715 e. The summed E-state index contributed by atoms with van der Waals surface area (Å²) in [5, 5.41) is 13.2. The van der Waals surface area contributed by atoms with Crippen LogP contribution in [0.1, 0.15) is 25.3 Å². The molecule has 1 aromatic carbocycles. The van der Waals surface area contributed by atoms with Crippen LogP contribution >= 0.6 is 15.9 Å². The first kappa shape index (κ1) is 13.8. The number of halogens is 1. The van der Waals surface area contributed by atoms with Crippen molar-refractivity contribution in [2.45, 2.75) is 32.4 Å². The lowest BCUT2D eigenvalue weighted by atomic mass is 10.1. The molecule has 0 radical (unpaired) electrons. The zero-order chi connectivity index (χ0) is 13.0. The number of nitrogens with one attached hydrogen (secondary N) is 1. The van der Waals surface area contributed by atoms with Gasteiger partial charge in [0.15, 0.2) is 0 Å². The van der Waals surface area contributed by atoms with Crippen molar-refractivity contribution in [3.63, 3.8) is 0 Å². The molecule has 0 amide bonds. The fourth-order valence-corrected chi connectivity index (χ4v) is 2.76. The van der Waals surface area contributed by atoms with E-state index < -0.39 is 0 Å². The van der Waals surface area contributed by atoms with Gasteiger partial charge in [0.2, 0.25) is 0 Å². The molecule has 0 bridgehead atoms. The van der Waals surface area contributed by atoms with Gasteiger partial charge in [0.1, 0.15) is 0 Å². The number of anilines is 1. The Balaban J connectivity index is 2.20. The number of aliphatic hydroxyl groups excluding tert-OH is 1. The summed E-state index contributed by atoms with van der Waals surface area (Å²) in [6.07, 6.45) is 1.80. The van der Waals surface area contributed by atoms with Gasteiger partial charge >= 0.3 is 0 Å². The molecule has 1 aromatic rings. The number of benzene rings is 1. The molecule has 0 saturated carbocycles. The molecule has 1 fully saturated rings. The molecule has 2 rings (SSSR count). The molecule has 1 saturated heterocycles. The minimum atomic E-state index is -0.190. The molecule has 3 nitrogen and oxygen atoms in total. The fraction of sp³-hybridized carbons (Fsp3) is 0.571. The van der Waals surface area contributed by atoms with Crippen LogP contribution in [0.5, 0.6) is 0 Å². The second-order valence-corrected chi connectivity index (χ2v) is 5.71. The molecule has 0 aliphatic carbocycles. The first-order chi connectivity index (χ1) is 8.70.